The summed E-state index contributed by atoms with van der Waals surface area (Å²) in [5, 5.41) is 13.8. The average molecular weight is 313 g/mol. The molecule has 114 valence electrons. The van der Waals surface area contributed by atoms with E-state index in [1.54, 1.807) is 0 Å². The monoisotopic (exact) mass is 313 g/mol. The minimum atomic E-state index is -3.00. The van der Waals surface area contributed by atoms with Crippen LogP contribution in [0.3, 0.4) is 0 Å². The molecule has 1 aliphatic heterocycles. The number of nitro benzene ring substituents is 1. The van der Waals surface area contributed by atoms with Gasteiger partial charge in [-0.25, -0.2) is 8.42 Å². The summed E-state index contributed by atoms with van der Waals surface area (Å²) in [6.45, 7) is 0.294. The third kappa shape index (κ3) is 3.69. The second-order valence-electron chi connectivity index (χ2n) is 5.00. The molecule has 9 heteroatoms. The SMILES string of the molecule is NC(=O)c1ccc([N+](=O)[O-])c(NCC2CCS(=O)(=O)C2)c1. The van der Waals surface area contributed by atoms with Crippen LogP contribution in [0.2, 0.25) is 0 Å². The quantitative estimate of drug-likeness (QED) is 0.602. The molecule has 1 heterocycles. The molecule has 1 aliphatic rings. The van der Waals surface area contributed by atoms with E-state index in [2.05, 4.69) is 5.32 Å². The van der Waals surface area contributed by atoms with Crippen molar-refractivity contribution in [1.82, 2.24) is 0 Å². The zero-order valence-electron chi connectivity index (χ0n) is 11.1. The maximum Gasteiger partial charge on any atom is 0.292 e. The van der Waals surface area contributed by atoms with E-state index in [0.29, 0.717) is 13.0 Å². The van der Waals surface area contributed by atoms with E-state index in [9.17, 15) is 23.3 Å². The lowest BCUT2D eigenvalue weighted by Gasteiger charge is -2.11. The van der Waals surface area contributed by atoms with Gasteiger partial charge in [-0.3, -0.25) is 14.9 Å². The van der Waals surface area contributed by atoms with Crippen LogP contribution in [0, 0.1) is 16.0 Å². The number of amides is 1. The number of sulfone groups is 1. The number of primary amides is 1. The number of nitrogens with two attached hydrogens (primary N) is 1. The fraction of sp³-hybridized carbons (Fsp3) is 0.417. The summed E-state index contributed by atoms with van der Waals surface area (Å²) in [7, 11) is -3.00. The first-order valence-electron chi connectivity index (χ1n) is 6.31. The summed E-state index contributed by atoms with van der Waals surface area (Å²) >= 11 is 0. The maximum atomic E-state index is 11.4. The molecule has 1 unspecified atom stereocenters. The Bertz CT molecular complexity index is 686. The van der Waals surface area contributed by atoms with Gasteiger partial charge in [-0.2, -0.15) is 0 Å². The van der Waals surface area contributed by atoms with Crippen molar-refractivity contribution >= 4 is 27.1 Å². The largest absolute Gasteiger partial charge is 0.379 e. The van der Waals surface area contributed by atoms with Crippen molar-refractivity contribution < 1.29 is 18.1 Å². The van der Waals surface area contributed by atoms with Crippen molar-refractivity contribution in [1.29, 1.82) is 0 Å². The third-order valence-corrected chi connectivity index (χ3v) is 5.22. The van der Waals surface area contributed by atoms with E-state index < -0.39 is 20.7 Å². The molecule has 21 heavy (non-hydrogen) atoms. The van der Waals surface area contributed by atoms with Crippen LogP contribution in [0.25, 0.3) is 0 Å². The predicted molar refractivity (Wildman–Crippen MR) is 76.9 cm³/mol. The molecule has 1 aromatic carbocycles. The number of hydrogen-bond acceptors (Lipinski definition) is 6. The van der Waals surface area contributed by atoms with Gasteiger partial charge in [-0.1, -0.05) is 0 Å². The molecule has 2 rings (SSSR count). The van der Waals surface area contributed by atoms with Gasteiger partial charge < -0.3 is 11.1 Å². The van der Waals surface area contributed by atoms with Gasteiger partial charge in [0.2, 0.25) is 5.91 Å². The summed E-state index contributed by atoms with van der Waals surface area (Å²) in [6.07, 6.45) is 0.526. The number of nitrogens with one attached hydrogen (secondary N) is 1. The van der Waals surface area contributed by atoms with Crippen LogP contribution in [0.15, 0.2) is 18.2 Å². The van der Waals surface area contributed by atoms with Crippen molar-refractivity contribution in [3.05, 3.63) is 33.9 Å². The van der Waals surface area contributed by atoms with Crippen molar-refractivity contribution in [3.8, 4) is 0 Å². The first-order chi connectivity index (χ1) is 9.78. The zero-order chi connectivity index (χ0) is 15.6. The van der Waals surface area contributed by atoms with Crippen LogP contribution < -0.4 is 11.1 Å². The fourth-order valence-corrected chi connectivity index (χ4v) is 4.14. The van der Waals surface area contributed by atoms with Gasteiger partial charge >= 0.3 is 0 Å². The second-order valence-corrected chi connectivity index (χ2v) is 7.23. The molecule has 0 radical (unpaired) electrons. The number of hydrogen-bond donors (Lipinski definition) is 2. The molecule has 1 atom stereocenters. The highest BCUT2D eigenvalue weighted by molar-refractivity contribution is 7.91. The number of benzene rings is 1. The highest BCUT2D eigenvalue weighted by Gasteiger charge is 2.28. The fourth-order valence-electron chi connectivity index (χ4n) is 2.28. The van der Waals surface area contributed by atoms with Gasteiger partial charge in [0.25, 0.3) is 5.69 Å². The normalized spacial score (nSPS) is 20.1. The number of nitrogens with zero attached hydrogens (tertiary/aromatic N) is 1. The van der Waals surface area contributed by atoms with E-state index in [4.69, 9.17) is 5.73 Å². The smallest absolute Gasteiger partial charge is 0.292 e. The molecule has 1 saturated heterocycles. The van der Waals surface area contributed by atoms with E-state index in [-0.39, 0.29) is 34.4 Å². The van der Waals surface area contributed by atoms with E-state index in [0.717, 1.165) is 0 Å². The average Bonchev–Trinajstić information content (AvgIpc) is 2.75. The lowest BCUT2D eigenvalue weighted by atomic mass is 10.1. The first-order valence-corrected chi connectivity index (χ1v) is 8.13. The number of carbonyl (C=O) groups excluding carboxylic acids is 1. The number of carbonyl (C=O) groups is 1. The molecular formula is C12H15N3O5S. The van der Waals surface area contributed by atoms with E-state index in [1.807, 2.05) is 0 Å². The topological polar surface area (TPSA) is 132 Å². The van der Waals surface area contributed by atoms with Crippen LogP contribution in [-0.2, 0) is 9.84 Å². The van der Waals surface area contributed by atoms with Crippen molar-refractivity contribution in [2.24, 2.45) is 11.7 Å². The third-order valence-electron chi connectivity index (χ3n) is 3.39. The molecule has 1 aromatic rings. The summed E-state index contributed by atoms with van der Waals surface area (Å²) in [6, 6.07) is 3.80. The van der Waals surface area contributed by atoms with Gasteiger partial charge in [-0.05, 0) is 24.5 Å². The molecule has 0 aliphatic carbocycles. The Hall–Kier alpha value is -2.16. The summed E-state index contributed by atoms with van der Waals surface area (Å²) in [5.74, 6) is -0.560. The van der Waals surface area contributed by atoms with E-state index >= 15 is 0 Å². The molecular weight excluding hydrogens is 298 g/mol. The van der Waals surface area contributed by atoms with Gasteiger partial charge in [0.1, 0.15) is 5.69 Å². The van der Waals surface area contributed by atoms with E-state index in [1.165, 1.54) is 18.2 Å². The Balaban J connectivity index is 2.16. The minimum Gasteiger partial charge on any atom is -0.379 e. The standard InChI is InChI=1S/C12H15N3O5S/c13-12(16)9-1-2-11(15(17)18)10(5-9)14-6-8-3-4-21(19,20)7-8/h1-2,5,8,14H,3-4,6-7H2,(H2,13,16). The highest BCUT2D eigenvalue weighted by atomic mass is 32.2. The zero-order valence-corrected chi connectivity index (χ0v) is 11.9. The molecule has 0 aromatic heterocycles. The first kappa shape index (κ1) is 15.2. The van der Waals surface area contributed by atoms with Crippen molar-refractivity contribution in [3.63, 3.8) is 0 Å². The summed E-state index contributed by atoms with van der Waals surface area (Å²) in [4.78, 5) is 21.5. The van der Waals surface area contributed by atoms with Crippen LogP contribution in [-0.4, -0.2) is 37.3 Å². The van der Waals surface area contributed by atoms with Gasteiger partial charge in [0.05, 0.1) is 16.4 Å². The van der Waals surface area contributed by atoms with Gasteiger partial charge in [0.15, 0.2) is 9.84 Å². The Morgan fingerprint density at radius 3 is 2.71 bits per heavy atom. The number of anilines is 1. The molecule has 0 bridgehead atoms. The molecule has 3 N–H and O–H groups in total. The minimum absolute atomic E-state index is 0.0727. The van der Waals surface area contributed by atoms with Crippen molar-refractivity contribution in [2.45, 2.75) is 6.42 Å². The molecule has 1 fully saturated rings. The Kier molecular flexibility index (Phi) is 4.12. The van der Waals surface area contributed by atoms with Crippen LogP contribution >= 0.6 is 0 Å². The second kappa shape index (κ2) is 5.68. The van der Waals surface area contributed by atoms with Crippen LogP contribution in [0.5, 0.6) is 0 Å². The Labute approximate surface area is 121 Å². The van der Waals surface area contributed by atoms with Gasteiger partial charge in [0, 0.05) is 18.2 Å². The highest BCUT2D eigenvalue weighted by Crippen LogP contribution is 2.27. The maximum absolute atomic E-state index is 11.4. The molecule has 0 spiro atoms. The number of nitro groups is 1. The van der Waals surface area contributed by atoms with Crippen molar-refractivity contribution in [2.75, 3.05) is 23.4 Å². The number of rotatable bonds is 5. The molecule has 8 nitrogen and oxygen atoms in total. The van der Waals surface area contributed by atoms with Gasteiger partial charge in [-0.15, -0.1) is 0 Å². The van der Waals surface area contributed by atoms with Crippen LogP contribution in [0.1, 0.15) is 16.8 Å². The summed E-state index contributed by atoms with van der Waals surface area (Å²) < 4.78 is 22.7. The summed E-state index contributed by atoms with van der Waals surface area (Å²) in [5.41, 5.74) is 5.29. The molecule has 0 saturated carbocycles. The predicted octanol–water partition coefficient (Wildman–Crippen LogP) is 0.540. The Morgan fingerprint density at radius 2 is 2.19 bits per heavy atom. The lowest BCUT2D eigenvalue weighted by molar-refractivity contribution is -0.384. The van der Waals surface area contributed by atoms with Crippen LogP contribution in [0.4, 0.5) is 11.4 Å². The Morgan fingerprint density at radius 1 is 1.48 bits per heavy atom. The lowest BCUT2D eigenvalue weighted by Crippen LogP contribution is -2.17. The molecule has 1 amide bonds.